The molecule has 0 saturated carbocycles. The molecule has 0 fully saturated rings. The Morgan fingerprint density at radius 3 is 1.89 bits per heavy atom. The summed E-state index contributed by atoms with van der Waals surface area (Å²) in [5, 5.41) is 19.5. The number of nitriles is 2. The molecule has 0 aliphatic heterocycles. The summed E-state index contributed by atoms with van der Waals surface area (Å²) in [5.74, 6) is 0.639. The molecule has 0 aromatic heterocycles. The highest BCUT2D eigenvalue weighted by molar-refractivity contribution is 6.14. The molecule has 0 N–H and O–H groups in total. The Labute approximate surface area is 219 Å². The lowest BCUT2D eigenvalue weighted by atomic mass is 9.97. The van der Waals surface area contributed by atoms with Gasteiger partial charge in [-0.3, -0.25) is 0 Å². The second-order valence-electron chi connectivity index (χ2n) is 8.62. The van der Waals surface area contributed by atoms with Crippen LogP contribution in [0.2, 0.25) is 0 Å². The van der Waals surface area contributed by atoms with E-state index in [0.717, 1.165) is 50.0 Å². The molecule has 184 valence electrons. The topological polar surface area (TPSA) is 68.8 Å². The SMILES string of the molecule is [C-]#[N+]/C(C#N)=C1\C(=Cc2ccc(N(CCCC)CCCC)cc2OC)/C(=C(/C#N)[N+]#[C-])c2ccccc21. The minimum absolute atomic E-state index is 0.0862. The van der Waals surface area contributed by atoms with Crippen LogP contribution >= 0.6 is 0 Å². The zero-order chi connectivity index (χ0) is 26.8. The average Bonchev–Trinajstić information content (AvgIpc) is 3.24. The molecule has 0 bridgehead atoms. The minimum atomic E-state index is -0.0862. The Morgan fingerprint density at radius 1 is 0.919 bits per heavy atom. The van der Waals surface area contributed by atoms with Crippen LogP contribution in [0, 0.1) is 35.8 Å². The van der Waals surface area contributed by atoms with Crippen molar-refractivity contribution in [1.29, 1.82) is 10.5 Å². The van der Waals surface area contributed by atoms with Gasteiger partial charge in [-0.15, -0.1) is 0 Å². The van der Waals surface area contributed by atoms with Crippen molar-refractivity contribution < 1.29 is 4.74 Å². The van der Waals surface area contributed by atoms with Gasteiger partial charge in [-0.1, -0.05) is 51.0 Å². The largest absolute Gasteiger partial charge is 0.496 e. The van der Waals surface area contributed by atoms with E-state index in [1.54, 1.807) is 7.11 Å². The lowest BCUT2D eigenvalue weighted by molar-refractivity contribution is 0.414. The third kappa shape index (κ3) is 5.56. The Balaban J connectivity index is 2.26. The molecule has 0 spiro atoms. The third-order valence-corrected chi connectivity index (χ3v) is 6.36. The molecule has 0 amide bonds. The quantitative estimate of drug-likeness (QED) is 0.271. The molecule has 37 heavy (non-hydrogen) atoms. The van der Waals surface area contributed by atoms with Gasteiger partial charge in [0, 0.05) is 41.6 Å². The lowest BCUT2D eigenvalue weighted by Gasteiger charge is -2.25. The van der Waals surface area contributed by atoms with Crippen LogP contribution in [0.1, 0.15) is 56.2 Å². The van der Waals surface area contributed by atoms with Crippen LogP contribution in [0.4, 0.5) is 5.69 Å². The van der Waals surface area contributed by atoms with E-state index in [4.69, 9.17) is 17.9 Å². The van der Waals surface area contributed by atoms with Gasteiger partial charge in [0.15, 0.2) is 0 Å². The Morgan fingerprint density at radius 2 is 1.46 bits per heavy atom. The highest BCUT2D eigenvalue weighted by Gasteiger charge is 2.31. The monoisotopic (exact) mass is 487 g/mol. The maximum absolute atomic E-state index is 9.75. The van der Waals surface area contributed by atoms with Crippen molar-refractivity contribution in [3.63, 3.8) is 0 Å². The predicted octanol–water partition coefficient (Wildman–Crippen LogP) is 7.51. The van der Waals surface area contributed by atoms with Crippen LogP contribution in [0.3, 0.4) is 0 Å². The van der Waals surface area contributed by atoms with E-state index in [0.29, 0.717) is 33.6 Å². The van der Waals surface area contributed by atoms with Gasteiger partial charge in [-0.05, 0) is 47.8 Å². The first-order valence-electron chi connectivity index (χ1n) is 12.4. The fourth-order valence-electron chi connectivity index (χ4n) is 4.50. The number of hydrogen-bond donors (Lipinski definition) is 0. The Bertz CT molecular complexity index is 1320. The molecular weight excluding hydrogens is 458 g/mol. The summed E-state index contributed by atoms with van der Waals surface area (Å²) in [6, 6.07) is 17.3. The van der Waals surface area contributed by atoms with Crippen molar-refractivity contribution in [2.24, 2.45) is 0 Å². The summed E-state index contributed by atoms with van der Waals surface area (Å²) in [4.78, 5) is 9.31. The van der Waals surface area contributed by atoms with Gasteiger partial charge in [0.25, 0.3) is 11.4 Å². The summed E-state index contributed by atoms with van der Waals surface area (Å²) < 4.78 is 5.77. The van der Waals surface area contributed by atoms with E-state index in [1.807, 2.05) is 54.6 Å². The predicted molar refractivity (Wildman–Crippen MR) is 148 cm³/mol. The fourth-order valence-corrected chi connectivity index (χ4v) is 4.50. The summed E-state index contributed by atoms with van der Waals surface area (Å²) in [6.45, 7) is 21.5. The number of unbranched alkanes of at least 4 members (excludes halogenated alkanes) is 2. The highest BCUT2D eigenvalue weighted by atomic mass is 16.5. The molecule has 0 heterocycles. The standard InChI is InChI=1S/C31H29N5O/c1-6-8-16-36(17-9-7-2)23-15-14-22(29(19-23)37-5)18-26-30(27(20-32)34-3)24-12-10-11-13-25(24)31(26)28(21-33)35-4/h10-15,18-19H,6-9,16-17H2,1-2,5H3/b30-27-,31-28-. The number of ether oxygens (including phenoxy) is 1. The normalized spacial score (nSPS) is 14.4. The van der Waals surface area contributed by atoms with Gasteiger partial charge in [-0.2, -0.15) is 0 Å². The van der Waals surface area contributed by atoms with Crippen LogP contribution in [0.25, 0.3) is 26.9 Å². The molecule has 2 aromatic rings. The van der Waals surface area contributed by atoms with Gasteiger partial charge in [-0.25, -0.2) is 20.2 Å². The summed E-state index contributed by atoms with van der Waals surface area (Å²) in [7, 11) is 1.61. The van der Waals surface area contributed by atoms with Crippen LogP contribution < -0.4 is 9.64 Å². The molecule has 0 atom stereocenters. The maximum atomic E-state index is 9.75. The van der Waals surface area contributed by atoms with E-state index in [-0.39, 0.29) is 11.4 Å². The second-order valence-corrected chi connectivity index (χ2v) is 8.62. The zero-order valence-electron chi connectivity index (χ0n) is 21.5. The number of benzene rings is 2. The first-order chi connectivity index (χ1) is 18.1. The van der Waals surface area contributed by atoms with Gasteiger partial charge < -0.3 is 9.64 Å². The van der Waals surface area contributed by atoms with Crippen molar-refractivity contribution in [2.75, 3.05) is 25.1 Å². The summed E-state index contributed by atoms with van der Waals surface area (Å²) in [6.07, 6.45) is 6.23. The molecule has 2 aromatic carbocycles. The third-order valence-electron chi connectivity index (χ3n) is 6.36. The number of rotatable bonds is 9. The van der Waals surface area contributed by atoms with E-state index < -0.39 is 0 Å². The van der Waals surface area contributed by atoms with Crippen molar-refractivity contribution in [2.45, 2.75) is 39.5 Å². The average molecular weight is 488 g/mol. The molecule has 3 rings (SSSR count). The summed E-state index contributed by atoms with van der Waals surface area (Å²) >= 11 is 0. The van der Waals surface area contributed by atoms with Crippen molar-refractivity contribution in [3.8, 4) is 17.9 Å². The molecule has 6 nitrogen and oxygen atoms in total. The Hall–Kier alpha value is -4.78. The number of nitrogens with zero attached hydrogens (tertiary/aromatic N) is 5. The second kappa shape index (κ2) is 12.8. The summed E-state index contributed by atoms with van der Waals surface area (Å²) in [5.41, 5.74) is 4.31. The fraction of sp³-hybridized carbons (Fsp3) is 0.290. The highest BCUT2D eigenvalue weighted by Crippen LogP contribution is 2.49. The number of allylic oxidation sites excluding steroid dienone is 5. The molecule has 0 radical (unpaired) electrons. The maximum Gasteiger partial charge on any atom is 0.270 e. The smallest absolute Gasteiger partial charge is 0.270 e. The van der Waals surface area contributed by atoms with Gasteiger partial charge >= 0.3 is 0 Å². The lowest BCUT2D eigenvalue weighted by Crippen LogP contribution is -2.25. The van der Waals surface area contributed by atoms with E-state index in [1.165, 1.54) is 0 Å². The number of methoxy groups -OCH3 is 1. The van der Waals surface area contributed by atoms with Gasteiger partial charge in [0.05, 0.1) is 32.4 Å². The number of fused-ring (bicyclic) bond motifs is 1. The van der Waals surface area contributed by atoms with Gasteiger partial charge in [0.1, 0.15) is 5.75 Å². The van der Waals surface area contributed by atoms with E-state index >= 15 is 0 Å². The molecule has 0 saturated heterocycles. The van der Waals surface area contributed by atoms with Crippen LogP contribution in [0.15, 0.2) is 59.4 Å². The minimum Gasteiger partial charge on any atom is -0.496 e. The van der Waals surface area contributed by atoms with Crippen LogP contribution in [-0.2, 0) is 0 Å². The zero-order valence-corrected chi connectivity index (χ0v) is 21.5. The number of anilines is 1. The Kier molecular flexibility index (Phi) is 9.27. The molecule has 1 aliphatic carbocycles. The molecule has 0 unspecified atom stereocenters. The molecule has 1 aliphatic rings. The van der Waals surface area contributed by atoms with E-state index in [9.17, 15) is 10.5 Å². The first kappa shape index (κ1) is 26.8. The van der Waals surface area contributed by atoms with Crippen molar-refractivity contribution in [3.05, 3.63) is 99.0 Å². The van der Waals surface area contributed by atoms with Gasteiger partial charge in [0.2, 0.25) is 0 Å². The van der Waals surface area contributed by atoms with E-state index in [2.05, 4.69) is 34.5 Å². The molecular formula is C31H29N5O. The van der Waals surface area contributed by atoms with Crippen LogP contribution in [-0.4, -0.2) is 20.2 Å². The molecule has 6 heteroatoms. The van der Waals surface area contributed by atoms with Crippen molar-refractivity contribution in [1.82, 2.24) is 0 Å². The van der Waals surface area contributed by atoms with Crippen LogP contribution in [0.5, 0.6) is 5.75 Å². The van der Waals surface area contributed by atoms with Crippen molar-refractivity contribution >= 4 is 22.9 Å². The first-order valence-corrected chi connectivity index (χ1v) is 12.4. The number of hydrogen-bond acceptors (Lipinski definition) is 4.